The van der Waals surface area contributed by atoms with Gasteiger partial charge in [0.25, 0.3) is 0 Å². The van der Waals surface area contributed by atoms with Gasteiger partial charge in [-0.1, -0.05) is 38.1 Å². The third kappa shape index (κ3) is 8.49. The number of amides is 1. The molecule has 0 fully saturated rings. The van der Waals surface area contributed by atoms with Gasteiger partial charge in [0.15, 0.2) is 17.2 Å². The zero-order valence-electron chi connectivity index (χ0n) is 22.2. The number of hydrogen-bond donors (Lipinski definition) is 1. The van der Waals surface area contributed by atoms with E-state index in [0.717, 1.165) is 11.1 Å². The largest absolute Gasteiger partial charge is 0.586 e. The predicted molar refractivity (Wildman–Crippen MR) is 136 cm³/mol. The highest BCUT2D eigenvalue weighted by atomic mass is 19.3. The zero-order valence-corrected chi connectivity index (χ0v) is 22.2. The van der Waals surface area contributed by atoms with Gasteiger partial charge in [-0.3, -0.25) is 0 Å². The second-order valence-corrected chi connectivity index (χ2v) is 9.21. The van der Waals surface area contributed by atoms with E-state index in [0.29, 0.717) is 12.1 Å². The van der Waals surface area contributed by atoms with Crippen molar-refractivity contribution in [3.05, 3.63) is 71.4 Å². The topological polar surface area (TPSA) is 78.9 Å². The molecule has 2 aromatic carbocycles. The lowest BCUT2D eigenvalue weighted by Crippen LogP contribution is -2.32. The number of benzene rings is 2. The normalized spacial score (nSPS) is 13.4. The van der Waals surface area contributed by atoms with E-state index in [1.165, 1.54) is 24.3 Å². The highest BCUT2D eigenvalue weighted by Crippen LogP contribution is 2.44. The number of carbonyl (C=O) groups is 1. The lowest BCUT2D eigenvalue weighted by molar-refractivity contribution is -0.286. The van der Waals surface area contributed by atoms with E-state index in [1.807, 2.05) is 38.1 Å². The highest BCUT2D eigenvalue weighted by molar-refractivity contribution is 5.70. The molecule has 0 saturated heterocycles. The number of nitrogens with one attached hydrogen (secondary N) is 1. The van der Waals surface area contributed by atoms with Crippen LogP contribution in [0.5, 0.6) is 17.2 Å². The zero-order chi connectivity index (χ0) is 28.8. The van der Waals surface area contributed by atoms with Gasteiger partial charge in [-0.2, -0.15) is 8.78 Å². The maximum absolute atomic E-state index is 13.4. The molecule has 1 amide bonds. The molecule has 2 heterocycles. The van der Waals surface area contributed by atoms with Crippen LogP contribution in [0.4, 0.5) is 22.4 Å². The molecule has 0 radical (unpaired) electrons. The minimum atomic E-state index is -3.81. The Labute approximate surface area is 224 Å². The third-order valence-electron chi connectivity index (χ3n) is 5.05. The van der Waals surface area contributed by atoms with Crippen LogP contribution in [0.3, 0.4) is 0 Å². The van der Waals surface area contributed by atoms with Crippen LogP contribution in [0.15, 0.2) is 54.6 Å². The van der Waals surface area contributed by atoms with Crippen LogP contribution < -0.4 is 19.5 Å². The number of rotatable bonds is 7. The second-order valence-electron chi connectivity index (χ2n) is 9.21. The smallest absolute Gasteiger partial charge is 0.444 e. The van der Waals surface area contributed by atoms with Crippen molar-refractivity contribution in [3.63, 3.8) is 0 Å². The summed E-state index contributed by atoms with van der Waals surface area (Å²) in [4.78, 5) is 16.3. The molecule has 0 saturated carbocycles. The van der Waals surface area contributed by atoms with Crippen molar-refractivity contribution in [3.8, 4) is 28.5 Å². The number of ether oxygens (including phenoxy) is 4. The molecule has 0 bridgehead atoms. The summed E-state index contributed by atoms with van der Waals surface area (Å²) < 4.78 is 71.4. The molecule has 1 aromatic heterocycles. The molecule has 1 aliphatic heterocycles. The van der Waals surface area contributed by atoms with Crippen molar-refractivity contribution in [2.45, 2.75) is 66.1 Å². The summed E-state index contributed by atoms with van der Waals surface area (Å²) in [6.07, 6.45) is -3.98. The Hall–Kier alpha value is -4.02. The van der Waals surface area contributed by atoms with E-state index in [9.17, 15) is 22.4 Å². The van der Waals surface area contributed by atoms with Gasteiger partial charge < -0.3 is 24.3 Å². The van der Waals surface area contributed by atoms with Gasteiger partial charge in [0.2, 0.25) is 0 Å². The van der Waals surface area contributed by atoms with E-state index in [4.69, 9.17) is 4.74 Å². The van der Waals surface area contributed by atoms with Gasteiger partial charge in [-0.25, -0.2) is 9.78 Å². The first kappa shape index (κ1) is 29.5. The highest BCUT2D eigenvalue weighted by Gasteiger charge is 2.43. The Bertz CT molecular complexity index is 1280. The van der Waals surface area contributed by atoms with Gasteiger partial charge in [-0.05, 0) is 62.2 Å². The average molecular weight is 551 g/mol. The summed E-state index contributed by atoms with van der Waals surface area (Å²) in [6.45, 7) is 6.50. The van der Waals surface area contributed by atoms with E-state index < -0.39 is 24.6 Å². The van der Waals surface area contributed by atoms with Crippen LogP contribution in [0.1, 0.15) is 51.4 Å². The van der Waals surface area contributed by atoms with E-state index in [2.05, 4.69) is 24.5 Å². The van der Waals surface area contributed by atoms with Crippen LogP contribution >= 0.6 is 0 Å². The summed E-state index contributed by atoms with van der Waals surface area (Å²) in [7, 11) is 0. The molecule has 0 spiro atoms. The van der Waals surface area contributed by atoms with Crippen LogP contribution in [0.25, 0.3) is 11.3 Å². The molecule has 11 heteroatoms. The third-order valence-corrected chi connectivity index (χ3v) is 5.05. The van der Waals surface area contributed by atoms with Crippen molar-refractivity contribution in [2.75, 3.05) is 0 Å². The van der Waals surface area contributed by atoms with Crippen LogP contribution in [0, 0.1) is 0 Å². The van der Waals surface area contributed by atoms with E-state index in [-0.39, 0.29) is 35.1 Å². The Morgan fingerprint density at radius 3 is 2.26 bits per heavy atom. The number of pyridine rings is 1. The standard InChI is InChI=1S/C26H24F4N2O5.C2H6/c1-25(2,3)37-24(33)31-14-16-6-4-15(5-7-16)12-18-9-11-20(34-23(27)28)22(32-18)17-8-10-19-21(13-17)36-26(29,30)35-19;1-2/h4-11,13,23H,12,14H2,1-3H3,(H,31,33);1-2H3. The van der Waals surface area contributed by atoms with Crippen LogP contribution in [-0.4, -0.2) is 29.6 Å². The average Bonchev–Trinajstić information content (AvgIpc) is 3.17. The number of alkyl halides is 4. The molecule has 39 heavy (non-hydrogen) atoms. The number of hydrogen-bond acceptors (Lipinski definition) is 6. The number of nitrogens with zero attached hydrogens (tertiary/aromatic N) is 1. The Morgan fingerprint density at radius 2 is 1.62 bits per heavy atom. The van der Waals surface area contributed by atoms with Gasteiger partial charge in [0, 0.05) is 24.2 Å². The molecular formula is C28H30F4N2O5. The monoisotopic (exact) mass is 550 g/mol. The summed E-state index contributed by atoms with van der Waals surface area (Å²) >= 11 is 0. The summed E-state index contributed by atoms with van der Waals surface area (Å²) in [6, 6.07) is 14.1. The van der Waals surface area contributed by atoms with Gasteiger partial charge in [-0.15, -0.1) is 8.78 Å². The summed E-state index contributed by atoms with van der Waals surface area (Å²) in [5.74, 6) is -0.635. The molecule has 1 N–H and O–H groups in total. The lowest BCUT2D eigenvalue weighted by Gasteiger charge is -2.19. The van der Waals surface area contributed by atoms with Gasteiger partial charge >= 0.3 is 19.0 Å². The van der Waals surface area contributed by atoms with E-state index in [1.54, 1.807) is 26.8 Å². The quantitative estimate of drug-likeness (QED) is 0.311. The maximum Gasteiger partial charge on any atom is 0.586 e. The molecule has 3 aromatic rings. The predicted octanol–water partition coefficient (Wildman–Crippen LogP) is 7.31. The van der Waals surface area contributed by atoms with Crippen molar-refractivity contribution < 1.29 is 41.3 Å². The lowest BCUT2D eigenvalue weighted by atomic mass is 10.0. The van der Waals surface area contributed by atoms with Gasteiger partial charge in [0.1, 0.15) is 11.3 Å². The van der Waals surface area contributed by atoms with Crippen molar-refractivity contribution in [1.29, 1.82) is 0 Å². The summed E-state index contributed by atoms with van der Waals surface area (Å²) in [5, 5.41) is 2.68. The number of fused-ring (bicyclic) bond motifs is 1. The van der Waals surface area contributed by atoms with Crippen LogP contribution in [-0.2, 0) is 17.7 Å². The van der Waals surface area contributed by atoms with Crippen molar-refractivity contribution in [2.24, 2.45) is 0 Å². The fraction of sp³-hybridized carbons (Fsp3) is 0.357. The molecule has 0 aliphatic carbocycles. The van der Waals surface area contributed by atoms with Gasteiger partial charge in [0.05, 0.1) is 0 Å². The fourth-order valence-electron chi connectivity index (χ4n) is 3.55. The Morgan fingerprint density at radius 1 is 0.974 bits per heavy atom. The Kier molecular flexibility index (Phi) is 9.26. The minimum absolute atomic E-state index is 0.0394. The minimum Gasteiger partial charge on any atom is -0.444 e. The molecule has 4 rings (SSSR count). The first-order valence-corrected chi connectivity index (χ1v) is 12.3. The fourth-order valence-corrected chi connectivity index (χ4v) is 3.55. The SMILES string of the molecule is CC.CC(C)(C)OC(=O)NCc1ccc(Cc2ccc(OC(F)F)c(-c3ccc4c(c3)OC(F)(F)O4)n2)cc1. The molecule has 210 valence electrons. The number of halogens is 4. The van der Waals surface area contributed by atoms with Crippen LogP contribution in [0.2, 0.25) is 0 Å². The number of carbonyl (C=O) groups excluding carboxylic acids is 1. The first-order valence-electron chi connectivity index (χ1n) is 12.3. The van der Waals surface area contributed by atoms with Crippen molar-refractivity contribution in [1.82, 2.24) is 10.3 Å². The molecule has 0 atom stereocenters. The number of alkyl carbamates (subject to hydrolysis) is 1. The first-order chi connectivity index (χ1) is 18.4. The molecule has 7 nitrogen and oxygen atoms in total. The number of aromatic nitrogens is 1. The maximum atomic E-state index is 13.4. The molecule has 0 unspecified atom stereocenters. The molecule has 1 aliphatic rings. The second kappa shape index (κ2) is 12.2. The van der Waals surface area contributed by atoms with Crippen molar-refractivity contribution >= 4 is 6.09 Å². The Balaban J connectivity index is 0.00000205. The van der Waals surface area contributed by atoms with E-state index >= 15 is 0 Å². The summed E-state index contributed by atoms with van der Waals surface area (Å²) in [5.41, 5.74) is 1.92. The molecular weight excluding hydrogens is 520 g/mol.